The molecule has 1 aromatic carbocycles. The largest absolute Gasteiger partial charge is 0.491 e. The molecule has 205 valence electrons. The number of nitrogens with one attached hydrogen (secondary N) is 1. The quantitative estimate of drug-likeness (QED) is 0.256. The predicted molar refractivity (Wildman–Crippen MR) is 156 cm³/mol. The average molecular weight is 547 g/mol. The first-order valence-electron chi connectivity index (χ1n) is 13.3. The van der Waals surface area contributed by atoms with Crippen LogP contribution < -0.4 is 10.1 Å². The summed E-state index contributed by atoms with van der Waals surface area (Å²) in [5.41, 5.74) is 1.72. The lowest BCUT2D eigenvalue weighted by atomic mass is 9.89. The molecule has 1 saturated heterocycles. The highest BCUT2D eigenvalue weighted by atomic mass is 35.5. The van der Waals surface area contributed by atoms with E-state index in [2.05, 4.69) is 71.4 Å². The molecule has 0 amide bonds. The second-order valence-electron chi connectivity index (χ2n) is 12.6. The van der Waals surface area contributed by atoms with Gasteiger partial charge >= 0.3 is 0 Å². The molecule has 6 nitrogen and oxygen atoms in total. The summed E-state index contributed by atoms with van der Waals surface area (Å²) < 4.78 is 18.5. The van der Waals surface area contributed by atoms with Gasteiger partial charge in [0.2, 0.25) is 0 Å². The summed E-state index contributed by atoms with van der Waals surface area (Å²) in [5.74, 6) is 2.10. The lowest BCUT2D eigenvalue weighted by molar-refractivity contribution is 0.0904. The minimum Gasteiger partial charge on any atom is -0.491 e. The van der Waals surface area contributed by atoms with Gasteiger partial charge in [-0.15, -0.1) is 0 Å². The highest BCUT2D eigenvalue weighted by molar-refractivity contribution is 6.74. The van der Waals surface area contributed by atoms with Crippen molar-refractivity contribution < 1.29 is 13.9 Å². The molecule has 0 aliphatic carbocycles. The lowest BCUT2D eigenvalue weighted by Crippen LogP contribution is -2.46. The smallest absolute Gasteiger partial charge is 0.192 e. The zero-order valence-electron chi connectivity index (χ0n) is 24.1. The fourth-order valence-corrected chi connectivity index (χ4v) is 5.34. The summed E-state index contributed by atoms with van der Waals surface area (Å²) in [7, 11) is -1.97. The van der Waals surface area contributed by atoms with Crippen molar-refractivity contribution in [1.29, 1.82) is 0 Å². The number of hydrogen-bond donors (Lipinski definition) is 1. The van der Waals surface area contributed by atoms with Crippen LogP contribution in [-0.2, 0) is 9.16 Å². The van der Waals surface area contributed by atoms with Crippen LogP contribution in [0.2, 0.25) is 23.3 Å². The Morgan fingerprint density at radius 1 is 1.14 bits per heavy atom. The summed E-state index contributed by atoms with van der Waals surface area (Å²) >= 11 is 6.52. The van der Waals surface area contributed by atoms with Crippen molar-refractivity contribution in [3.8, 4) is 17.1 Å². The number of aromatic nitrogens is 2. The van der Waals surface area contributed by atoms with Crippen LogP contribution in [0.5, 0.6) is 5.75 Å². The Labute approximate surface area is 230 Å². The number of halogens is 1. The average Bonchev–Trinajstić information content (AvgIpc) is 2.79. The van der Waals surface area contributed by atoms with Gasteiger partial charge in [0.25, 0.3) is 0 Å². The van der Waals surface area contributed by atoms with Crippen LogP contribution in [0.3, 0.4) is 0 Å². The summed E-state index contributed by atoms with van der Waals surface area (Å²) in [6.07, 6.45) is 4.05. The molecular weight excluding hydrogens is 502 g/mol. The van der Waals surface area contributed by atoms with E-state index in [-0.39, 0.29) is 16.6 Å². The Kier molecular flexibility index (Phi) is 9.70. The molecule has 2 heterocycles. The van der Waals surface area contributed by atoms with E-state index in [1.165, 1.54) is 0 Å². The number of nitrogens with zero attached hydrogens (tertiary/aromatic N) is 2. The monoisotopic (exact) mass is 546 g/mol. The minimum absolute atomic E-state index is 0.0125. The first-order valence-corrected chi connectivity index (χ1v) is 16.6. The molecule has 1 N–H and O–H groups in total. The zero-order valence-corrected chi connectivity index (χ0v) is 25.8. The number of ether oxygens (including phenoxy) is 2. The molecule has 2 aromatic rings. The molecule has 0 spiro atoms. The van der Waals surface area contributed by atoms with Crippen LogP contribution in [0, 0.1) is 18.8 Å². The lowest BCUT2D eigenvalue weighted by Gasteiger charge is -2.40. The summed E-state index contributed by atoms with van der Waals surface area (Å²) in [6.45, 7) is 21.8. The van der Waals surface area contributed by atoms with Gasteiger partial charge < -0.3 is 19.2 Å². The maximum atomic E-state index is 6.73. The maximum Gasteiger partial charge on any atom is 0.192 e. The second-order valence-corrected chi connectivity index (χ2v) is 17.7. The molecule has 1 unspecified atom stereocenters. The van der Waals surface area contributed by atoms with Gasteiger partial charge in [0.1, 0.15) is 23.3 Å². The Balaban J connectivity index is 1.78. The first-order chi connectivity index (χ1) is 17.1. The molecule has 1 fully saturated rings. The molecule has 8 heteroatoms. The van der Waals surface area contributed by atoms with Crippen molar-refractivity contribution in [3.63, 3.8) is 0 Å². The highest BCUT2D eigenvalue weighted by Crippen LogP contribution is 2.38. The van der Waals surface area contributed by atoms with Gasteiger partial charge in [-0.05, 0) is 61.9 Å². The van der Waals surface area contributed by atoms with Crippen molar-refractivity contribution in [2.45, 2.75) is 91.6 Å². The zero-order chi connectivity index (χ0) is 27.4. The third kappa shape index (κ3) is 8.67. The number of hydrogen-bond acceptors (Lipinski definition) is 6. The SMILES string of the molecule is Cc1c(Cl)nc(-c2cccc(OCC([CH]C(C)(C)C)O[Si](C)(C)C(C)(C)C)c2)nc1NC1CCOCC1. The van der Waals surface area contributed by atoms with E-state index in [0.717, 1.165) is 48.7 Å². The fraction of sp³-hybridized carbons (Fsp3) is 0.621. The Morgan fingerprint density at radius 2 is 1.81 bits per heavy atom. The molecule has 1 radical (unpaired) electrons. The Bertz CT molecular complexity index is 1040. The van der Waals surface area contributed by atoms with E-state index in [1.807, 2.05) is 31.2 Å². The maximum absolute atomic E-state index is 6.73. The summed E-state index contributed by atoms with van der Waals surface area (Å²) in [4.78, 5) is 9.40. The van der Waals surface area contributed by atoms with Crippen LogP contribution in [0.15, 0.2) is 24.3 Å². The predicted octanol–water partition coefficient (Wildman–Crippen LogP) is 7.72. The molecule has 3 rings (SSSR count). The van der Waals surface area contributed by atoms with Crippen molar-refractivity contribution in [2.24, 2.45) is 5.41 Å². The third-order valence-electron chi connectivity index (χ3n) is 7.09. The van der Waals surface area contributed by atoms with Crippen LogP contribution >= 0.6 is 11.6 Å². The van der Waals surface area contributed by atoms with Crippen LogP contribution in [0.1, 0.15) is 59.9 Å². The van der Waals surface area contributed by atoms with Gasteiger partial charge in [-0.1, -0.05) is 65.3 Å². The molecule has 0 bridgehead atoms. The molecule has 1 atom stereocenters. The third-order valence-corrected chi connectivity index (χ3v) is 12.0. The molecular formula is C29H45ClN3O3Si. The minimum atomic E-state index is -1.97. The van der Waals surface area contributed by atoms with Crippen molar-refractivity contribution in [3.05, 3.63) is 41.4 Å². The van der Waals surface area contributed by atoms with Crippen LogP contribution in [0.4, 0.5) is 5.82 Å². The van der Waals surface area contributed by atoms with E-state index < -0.39 is 8.32 Å². The van der Waals surface area contributed by atoms with Gasteiger partial charge in [0, 0.05) is 30.4 Å². The van der Waals surface area contributed by atoms with E-state index in [9.17, 15) is 0 Å². The van der Waals surface area contributed by atoms with E-state index in [1.54, 1.807) is 0 Å². The molecule has 37 heavy (non-hydrogen) atoms. The second kappa shape index (κ2) is 12.0. The van der Waals surface area contributed by atoms with E-state index in [0.29, 0.717) is 23.6 Å². The van der Waals surface area contributed by atoms with Gasteiger partial charge in [-0.2, -0.15) is 0 Å². The highest BCUT2D eigenvalue weighted by Gasteiger charge is 2.40. The van der Waals surface area contributed by atoms with Crippen molar-refractivity contribution in [2.75, 3.05) is 25.1 Å². The molecule has 1 aromatic heterocycles. The standard InChI is InChI=1S/C29H45ClN3O3Si/c1-20-25(30)32-27(33-26(20)31-22-13-15-34-16-14-22)21-11-10-12-23(17-21)35-19-24(18-28(2,3)4)36-37(8,9)29(5,6)7/h10-12,17-18,22,24H,13-16,19H2,1-9H3,(H,31,32,33). The Morgan fingerprint density at radius 3 is 2.43 bits per heavy atom. The van der Waals surface area contributed by atoms with Crippen LogP contribution in [0.25, 0.3) is 11.4 Å². The van der Waals surface area contributed by atoms with Crippen molar-refractivity contribution >= 4 is 25.7 Å². The summed E-state index contributed by atoms with van der Waals surface area (Å²) in [5, 5.41) is 4.12. The Hall–Kier alpha value is -1.67. The number of benzene rings is 1. The van der Waals surface area contributed by atoms with E-state index >= 15 is 0 Å². The molecule has 1 aliphatic heterocycles. The van der Waals surface area contributed by atoms with Gasteiger partial charge in [0.15, 0.2) is 14.1 Å². The number of rotatable bonds is 9. The fourth-order valence-electron chi connectivity index (χ4n) is 3.93. The first kappa shape index (κ1) is 29.9. The molecule has 1 aliphatic rings. The van der Waals surface area contributed by atoms with Gasteiger partial charge in [0.05, 0.1) is 6.10 Å². The topological polar surface area (TPSA) is 65.5 Å². The normalized spacial score (nSPS) is 16.5. The number of anilines is 1. The van der Waals surface area contributed by atoms with Crippen LogP contribution in [-0.4, -0.2) is 50.3 Å². The summed E-state index contributed by atoms with van der Waals surface area (Å²) in [6, 6.07) is 8.19. The van der Waals surface area contributed by atoms with Gasteiger partial charge in [-0.25, -0.2) is 9.97 Å². The van der Waals surface area contributed by atoms with E-state index in [4.69, 9.17) is 30.5 Å². The van der Waals surface area contributed by atoms with Crippen molar-refractivity contribution in [1.82, 2.24) is 9.97 Å². The molecule has 0 saturated carbocycles. The van der Waals surface area contributed by atoms with Gasteiger partial charge in [-0.3, -0.25) is 0 Å².